The smallest absolute Gasteiger partial charge is 0.352 e. The summed E-state index contributed by atoms with van der Waals surface area (Å²) >= 11 is 0. The summed E-state index contributed by atoms with van der Waals surface area (Å²) in [6.45, 7) is 4.81. The highest BCUT2D eigenvalue weighted by Crippen LogP contribution is 2.19. The SMILES string of the molecule is CN1CCN(Cc2ccccc2CNC(=O)CC(F)(F)F)CC1. The molecule has 0 unspecified atom stereocenters. The molecule has 0 radical (unpaired) electrons. The number of carbonyl (C=O) groups is 1. The Hall–Kier alpha value is -1.60. The molecule has 0 bridgehead atoms. The molecule has 23 heavy (non-hydrogen) atoms. The summed E-state index contributed by atoms with van der Waals surface area (Å²) in [6, 6.07) is 7.55. The molecule has 1 aliphatic heterocycles. The Bertz CT molecular complexity index is 526. The number of likely N-dealkylation sites (N-methyl/N-ethyl adjacent to an activating group) is 1. The molecule has 1 N–H and O–H groups in total. The Morgan fingerprint density at radius 3 is 2.35 bits per heavy atom. The molecular weight excluding hydrogens is 307 g/mol. The minimum atomic E-state index is -4.47. The van der Waals surface area contributed by atoms with Crippen molar-refractivity contribution in [1.82, 2.24) is 15.1 Å². The first-order chi connectivity index (χ1) is 10.8. The van der Waals surface area contributed by atoms with Gasteiger partial charge >= 0.3 is 6.18 Å². The number of benzene rings is 1. The van der Waals surface area contributed by atoms with Crippen LogP contribution in [0.25, 0.3) is 0 Å². The summed E-state index contributed by atoms with van der Waals surface area (Å²) in [5, 5.41) is 2.35. The monoisotopic (exact) mass is 329 g/mol. The maximum absolute atomic E-state index is 12.2. The van der Waals surface area contributed by atoms with Crippen molar-refractivity contribution in [1.29, 1.82) is 0 Å². The number of nitrogens with zero attached hydrogens (tertiary/aromatic N) is 2. The van der Waals surface area contributed by atoms with Crippen LogP contribution in [0.3, 0.4) is 0 Å². The van der Waals surface area contributed by atoms with E-state index in [1.54, 1.807) is 0 Å². The number of rotatable bonds is 5. The molecule has 0 saturated carbocycles. The molecule has 1 aromatic rings. The third-order valence-electron chi connectivity index (χ3n) is 3.95. The van der Waals surface area contributed by atoms with E-state index in [4.69, 9.17) is 0 Å². The molecule has 2 rings (SSSR count). The Kier molecular flexibility index (Phi) is 6.01. The second kappa shape index (κ2) is 7.79. The van der Waals surface area contributed by atoms with Gasteiger partial charge < -0.3 is 10.2 Å². The molecule has 128 valence electrons. The maximum atomic E-state index is 12.2. The van der Waals surface area contributed by atoms with Crippen molar-refractivity contribution in [2.75, 3.05) is 33.2 Å². The van der Waals surface area contributed by atoms with Crippen molar-refractivity contribution in [3.8, 4) is 0 Å². The third kappa shape index (κ3) is 6.19. The van der Waals surface area contributed by atoms with Crippen LogP contribution in [0, 0.1) is 0 Å². The van der Waals surface area contributed by atoms with Crippen LogP contribution in [-0.2, 0) is 17.9 Å². The minimum Gasteiger partial charge on any atom is -0.352 e. The Balaban J connectivity index is 1.91. The molecule has 1 saturated heterocycles. The summed E-state index contributed by atoms with van der Waals surface area (Å²) < 4.78 is 36.5. The Morgan fingerprint density at radius 1 is 1.13 bits per heavy atom. The van der Waals surface area contributed by atoms with Gasteiger partial charge in [-0.3, -0.25) is 9.69 Å². The van der Waals surface area contributed by atoms with Crippen molar-refractivity contribution >= 4 is 5.91 Å². The number of hydrogen-bond acceptors (Lipinski definition) is 3. The fourth-order valence-corrected chi connectivity index (χ4v) is 2.57. The van der Waals surface area contributed by atoms with Gasteiger partial charge in [-0.05, 0) is 18.2 Å². The number of hydrogen-bond donors (Lipinski definition) is 1. The number of piperazine rings is 1. The van der Waals surface area contributed by atoms with Gasteiger partial charge in [0.1, 0.15) is 6.42 Å². The molecule has 1 aromatic carbocycles. The molecule has 0 aliphatic carbocycles. The molecular formula is C16H22F3N3O. The number of alkyl halides is 3. The predicted molar refractivity (Wildman–Crippen MR) is 81.7 cm³/mol. The third-order valence-corrected chi connectivity index (χ3v) is 3.95. The fourth-order valence-electron chi connectivity index (χ4n) is 2.57. The molecule has 7 heteroatoms. The van der Waals surface area contributed by atoms with Crippen molar-refractivity contribution < 1.29 is 18.0 Å². The lowest BCUT2D eigenvalue weighted by Crippen LogP contribution is -2.44. The number of amides is 1. The minimum absolute atomic E-state index is 0.124. The molecule has 0 aromatic heterocycles. The second-order valence-electron chi connectivity index (χ2n) is 5.92. The second-order valence-corrected chi connectivity index (χ2v) is 5.92. The van der Waals surface area contributed by atoms with Crippen molar-refractivity contribution in [3.05, 3.63) is 35.4 Å². The standard InChI is InChI=1S/C16H22F3N3O/c1-21-6-8-22(9-7-21)12-14-5-3-2-4-13(14)11-20-15(23)10-16(17,18)19/h2-5H,6-12H2,1H3,(H,20,23). The van der Waals surface area contributed by atoms with Crippen LogP contribution in [0.2, 0.25) is 0 Å². The first-order valence-electron chi connectivity index (χ1n) is 7.64. The average Bonchev–Trinajstić information content (AvgIpc) is 2.47. The van der Waals surface area contributed by atoms with Crippen molar-refractivity contribution in [2.24, 2.45) is 0 Å². The molecule has 1 fully saturated rings. The van der Waals surface area contributed by atoms with Gasteiger partial charge in [0.15, 0.2) is 0 Å². The number of halogens is 3. The average molecular weight is 329 g/mol. The fraction of sp³-hybridized carbons (Fsp3) is 0.562. The molecule has 1 heterocycles. The highest BCUT2D eigenvalue weighted by atomic mass is 19.4. The lowest BCUT2D eigenvalue weighted by Gasteiger charge is -2.32. The van der Waals surface area contributed by atoms with Crippen LogP contribution in [-0.4, -0.2) is 55.1 Å². The summed E-state index contributed by atoms with van der Waals surface area (Å²) in [5.41, 5.74) is 1.91. The molecule has 1 aliphatic rings. The first kappa shape index (κ1) is 17.7. The largest absolute Gasteiger partial charge is 0.397 e. The van der Waals surface area contributed by atoms with Gasteiger partial charge in [0.05, 0.1) is 0 Å². The summed E-state index contributed by atoms with van der Waals surface area (Å²) in [5.74, 6) is -0.994. The van der Waals surface area contributed by atoms with E-state index in [0.29, 0.717) is 0 Å². The molecule has 0 atom stereocenters. The summed E-state index contributed by atoms with van der Waals surface area (Å²) in [6.07, 6.45) is -5.91. The van der Waals surface area contributed by atoms with Crippen LogP contribution >= 0.6 is 0 Å². The van der Waals surface area contributed by atoms with Gasteiger partial charge in [-0.1, -0.05) is 24.3 Å². The van der Waals surface area contributed by atoms with Crippen molar-refractivity contribution in [2.45, 2.75) is 25.7 Å². The van der Waals surface area contributed by atoms with E-state index in [9.17, 15) is 18.0 Å². The van der Waals surface area contributed by atoms with Crippen LogP contribution < -0.4 is 5.32 Å². The maximum Gasteiger partial charge on any atom is 0.397 e. The van der Waals surface area contributed by atoms with E-state index in [0.717, 1.165) is 43.9 Å². The van der Waals surface area contributed by atoms with E-state index in [-0.39, 0.29) is 6.54 Å². The summed E-state index contributed by atoms with van der Waals surface area (Å²) in [4.78, 5) is 15.9. The zero-order chi connectivity index (χ0) is 16.9. The number of nitrogens with one attached hydrogen (secondary N) is 1. The Morgan fingerprint density at radius 2 is 1.74 bits per heavy atom. The van der Waals surface area contributed by atoms with Crippen LogP contribution in [0.15, 0.2) is 24.3 Å². The van der Waals surface area contributed by atoms with Crippen LogP contribution in [0.4, 0.5) is 13.2 Å². The molecule has 1 amide bonds. The van der Waals surface area contributed by atoms with Gasteiger partial charge in [0.25, 0.3) is 0 Å². The van der Waals surface area contributed by atoms with Gasteiger partial charge in [-0.25, -0.2) is 0 Å². The van der Waals surface area contributed by atoms with E-state index in [1.165, 1.54) is 0 Å². The van der Waals surface area contributed by atoms with Crippen molar-refractivity contribution in [3.63, 3.8) is 0 Å². The highest BCUT2D eigenvalue weighted by molar-refractivity contribution is 5.76. The number of carbonyl (C=O) groups excluding carboxylic acids is 1. The van der Waals surface area contributed by atoms with Crippen LogP contribution in [0.5, 0.6) is 0 Å². The predicted octanol–water partition coefficient (Wildman–Crippen LogP) is 2.00. The Labute approximate surface area is 134 Å². The molecule has 0 spiro atoms. The topological polar surface area (TPSA) is 35.6 Å². The lowest BCUT2D eigenvalue weighted by molar-refractivity contribution is -0.153. The van der Waals surface area contributed by atoms with Gasteiger partial charge in [-0.15, -0.1) is 0 Å². The quantitative estimate of drug-likeness (QED) is 0.898. The van der Waals surface area contributed by atoms with Gasteiger partial charge in [0.2, 0.25) is 5.91 Å². The highest BCUT2D eigenvalue weighted by Gasteiger charge is 2.31. The lowest BCUT2D eigenvalue weighted by atomic mass is 10.1. The zero-order valence-corrected chi connectivity index (χ0v) is 13.2. The van der Waals surface area contributed by atoms with Crippen LogP contribution in [0.1, 0.15) is 17.5 Å². The first-order valence-corrected chi connectivity index (χ1v) is 7.64. The molecule has 4 nitrogen and oxygen atoms in total. The summed E-state index contributed by atoms with van der Waals surface area (Å²) in [7, 11) is 2.08. The van der Waals surface area contributed by atoms with E-state index in [1.807, 2.05) is 24.3 Å². The van der Waals surface area contributed by atoms with E-state index in [2.05, 4.69) is 22.2 Å². The zero-order valence-electron chi connectivity index (χ0n) is 13.2. The van der Waals surface area contributed by atoms with E-state index < -0.39 is 18.5 Å². The van der Waals surface area contributed by atoms with E-state index >= 15 is 0 Å². The van der Waals surface area contributed by atoms with Gasteiger partial charge in [-0.2, -0.15) is 13.2 Å². The normalized spacial score (nSPS) is 17.2. The van der Waals surface area contributed by atoms with Gasteiger partial charge in [0, 0.05) is 39.3 Å².